The van der Waals surface area contributed by atoms with Crippen LogP contribution in [0.15, 0.2) is 6.33 Å². The molecule has 68 valence electrons. The van der Waals surface area contributed by atoms with E-state index in [1.165, 1.54) is 17.9 Å². The van der Waals surface area contributed by atoms with Gasteiger partial charge in [0, 0.05) is 24.2 Å². The number of nitrogens with zero attached hydrogens (tertiary/aromatic N) is 2. The number of aliphatic hydroxyl groups is 1. The van der Waals surface area contributed by atoms with Crippen molar-refractivity contribution in [2.45, 2.75) is 19.9 Å². The molecule has 2 N–H and O–H groups in total. The lowest BCUT2D eigenvalue weighted by molar-refractivity contribution is 0.226. The first kappa shape index (κ1) is 9.41. The number of hydrogen-bond acceptors (Lipinski definition) is 5. The highest BCUT2D eigenvalue weighted by Gasteiger charge is 2.11. The molecule has 0 aliphatic carbocycles. The Morgan fingerprint density at radius 2 is 2.42 bits per heavy atom. The number of aromatic nitrogens is 2. The van der Waals surface area contributed by atoms with Gasteiger partial charge in [-0.2, -0.15) is 4.37 Å². The number of anilines is 1. The Kier molecular flexibility index (Phi) is 3.43. The lowest BCUT2D eigenvalue weighted by Gasteiger charge is -2.17. The summed E-state index contributed by atoms with van der Waals surface area (Å²) in [6, 6.07) is 0.225. The molecule has 12 heavy (non-hydrogen) atoms. The lowest BCUT2D eigenvalue weighted by Crippen LogP contribution is -2.26. The van der Waals surface area contributed by atoms with Gasteiger partial charge in [-0.1, -0.05) is 6.92 Å². The van der Waals surface area contributed by atoms with Gasteiger partial charge in [0.1, 0.15) is 6.33 Å². The van der Waals surface area contributed by atoms with Gasteiger partial charge in [0.15, 0.2) is 0 Å². The summed E-state index contributed by atoms with van der Waals surface area (Å²) in [5.41, 5.74) is 0. The second-order valence-electron chi connectivity index (χ2n) is 2.84. The summed E-state index contributed by atoms with van der Waals surface area (Å²) in [4.78, 5) is 3.99. The van der Waals surface area contributed by atoms with Crippen molar-refractivity contribution in [3.63, 3.8) is 0 Å². The zero-order chi connectivity index (χ0) is 8.97. The Bertz CT molecular complexity index is 214. The van der Waals surface area contributed by atoms with Gasteiger partial charge in [0.2, 0.25) is 5.13 Å². The van der Waals surface area contributed by atoms with Crippen molar-refractivity contribution >= 4 is 16.7 Å². The molecule has 1 aromatic rings. The van der Waals surface area contributed by atoms with Crippen LogP contribution in [0.3, 0.4) is 0 Å². The lowest BCUT2D eigenvalue weighted by atomic mass is 10.1. The molecule has 0 bridgehead atoms. The molecule has 2 atom stereocenters. The summed E-state index contributed by atoms with van der Waals surface area (Å²) >= 11 is 1.33. The van der Waals surface area contributed by atoms with Crippen molar-refractivity contribution in [1.29, 1.82) is 0 Å². The minimum Gasteiger partial charge on any atom is -0.396 e. The third kappa shape index (κ3) is 2.42. The van der Waals surface area contributed by atoms with Gasteiger partial charge in [-0.3, -0.25) is 0 Å². The highest BCUT2D eigenvalue weighted by atomic mass is 32.1. The number of hydrogen-bond donors (Lipinski definition) is 2. The van der Waals surface area contributed by atoms with Crippen molar-refractivity contribution in [1.82, 2.24) is 9.36 Å². The van der Waals surface area contributed by atoms with Crippen molar-refractivity contribution in [2.24, 2.45) is 5.92 Å². The van der Waals surface area contributed by atoms with Gasteiger partial charge < -0.3 is 10.4 Å². The summed E-state index contributed by atoms with van der Waals surface area (Å²) in [5.74, 6) is 0.230. The average molecular weight is 187 g/mol. The molecule has 0 saturated carbocycles. The summed E-state index contributed by atoms with van der Waals surface area (Å²) in [6.45, 7) is 4.19. The fourth-order valence-corrected chi connectivity index (χ4v) is 1.26. The predicted molar refractivity (Wildman–Crippen MR) is 49.2 cm³/mol. The van der Waals surface area contributed by atoms with Crippen molar-refractivity contribution in [2.75, 3.05) is 11.9 Å². The maximum absolute atomic E-state index is 8.86. The monoisotopic (exact) mass is 187 g/mol. The van der Waals surface area contributed by atoms with Crippen LogP contribution in [-0.2, 0) is 0 Å². The molecule has 0 saturated heterocycles. The van der Waals surface area contributed by atoms with E-state index in [1.807, 2.05) is 13.8 Å². The Balaban J connectivity index is 2.41. The van der Waals surface area contributed by atoms with E-state index in [0.29, 0.717) is 0 Å². The molecule has 1 heterocycles. The van der Waals surface area contributed by atoms with E-state index in [4.69, 9.17) is 5.11 Å². The topological polar surface area (TPSA) is 58.0 Å². The quantitative estimate of drug-likeness (QED) is 0.737. The fraction of sp³-hybridized carbons (Fsp3) is 0.714. The maximum atomic E-state index is 8.86. The van der Waals surface area contributed by atoms with Crippen molar-refractivity contribution in [3.05, 3.63) is 6.33 Å². The van der Waals surface area contributed by atoms with Gasteiger partial charge in [-0.05, 0) is 12.8 Å². The smallest absolute Gasteiger partial charge is 0.202 e. The standard InChI is InChI=1S/C7H13N3OS/c1-5(3-11)6(2)10-7-8-4-9-12-7/h4-6,11H,3H2,1-2H3,(H,8,9,10). The Morgan fingerprint density at radius 3 is 2.92 bits per heavy atom. The highest BCUT2D eigenvalue weighted by molar-refractivity contribution is 7.09. The summed E-state index contributed by atoms with van der Waals surface area (Å²) in [6.07, 6.45) is 1.52. The zero-order valence-corrected chi connectivity index (χ0v) is 8.01. The second kappa shape index (κ2) is 4.37. The third-order valence-electron chi connectivity index (χ3n) is 1.85. The maximum Gasteiger partial charge on any atom is 0.202 e. The SMILES string of the molecule is CC(CO)C(C)Nc1ncns1. The summed E-state index contributed by atoms with van der Waals surface area (Å²) in [5, 5.41) is 12.8. The van der Waals surface area contributed by atoms with Crippen LogP contribution in [0.5, 0.6) is 0 Å². The number of rotatable bonds is 4. The molecule has 2 unspecified atom stereocenters. The van der Waals surface area contributed by atoms with E-state index in [0.717, 1.165) is 5.13 Å². The third-order valence-corrected chi connectivity index (χ3v) is 2.45. The molecule has 0 aromatic carbocycles. The molecule has 4 nitrogen and oxygen atoms in total. The van der Waals surface area contributed by atoms with E-state index in [1.54, 1.807) is 0 Å². The molecule has 5 heteroatoms. The molecule has 0 aliphatic rings. The van der Waals surface area contributed by atoms with Crippen LogP contribution in [0, 0.1) is 5.92 Å². The molecule has 0 spiro atoms. The summed E-state index contributed by atoms with van der Waals surface area (Å²) in [7, 11) is 0. The van der Waals surface area contributed by atoms with Crippen LogP contribution >= 0.6 is 11.5 Å². The Labute approximate surface area is 75.8 Å². The minimum atomic E-state index is 0.187. The van der Waals surface area contributed by atoms with Crippen LogP contribution in [0.4, 0.5) is 5.13 Å². The van der Waals surface area contributed by atoms with Crippen molar-refractivity contribution < 1.29 is 5.11 Å². The molecule has 0 radical (unpaired) electrons. The van der Waals surface area contributed by atoms with Crippen LogP contribution in [0.1, 0.15) is 13.8 Å². The first-order chi connectivity index (χ1) is 5.74. The Hall–Kier alpha value is -0.680. The largest absolute Gasteiger partial charge is 0.396 e. The molecule has 0 amide bonds. The fourth-order valence-electron chi connectivity index (χ4n) is 0.732. The molecule has 0 aliphatic heterocycles. The molecular formula is C7H13N3OS. The second-order valence-corrected chi connectivity index (χ2v) is 3.62. The van der Waals surface area contributed by atoms with E-state index < -0.39 is 0 Å². The van der Waals surface area contributed by atoms with Gasteiger partial charge in [-0.15, -0.1) is 0 Å². The van der Waals surface area contributed by atoms with E-state index in [2.05, 4.69) is 14.7 Å². The average Bonchev–Trinajstić information content (AvgIpc) is 2.55. The van der Waals surface area contributed by atoms with Gasteiger partial charge >= 0.3 is 0 Å². The van der Waals surface area contributed by atoms with Crippen LogP contribution < -0.4 is 5.32 Å². The Morgan fingerprint density at radius 1 is 1.67 bits per heavy atom. The molecule has 1 rings (SSSR count). The predicted octanol–water partition coefficient (Wildman–Crippen LogP) is 0.967. The molecule has 1 aromatic heterocycles. The van der Waals surface area contributed by atoms with Gasteiger partial charge in [0.05, 0.1) is 0 Å². The number of aliphatic hydroxyl groups excluding tert-OH is 1. The first-order valence-corrected chi connectivity index (χ1v) is 4.65. The summed E-state index contributed by atoms with van der Waals surface area (Å²) < 4.78 is 3.87. The number of nitrogens with one attached hydrogen (secondary N) is 1. The van der Waals surface area contributed by atoms with E-state index >= 15 is 0 Å². The van der Waals surface area contributed by atoms with E-state index in [9.17, 15) is 0 Å². The van der Waals surface area contributed by atoms with Gasteiger partial charge in [0.25, 0.3) is 0 Å². The molecule has 0 fully saturated rings. The normalized spacial score (nSPS) is 15.6. The van der Waals surface area contributed by atoms with Crippen molar-refractivity contribution in [3.8, 4) is 0 Å². The van der Waals surface area contributed by atoms with Gasteiger partial charge in [-0.25, -0.2) is 4.98 Å². The van der Waals surface area contributed by atoms with Crippen LogP contribution in [0.2, 0.25) is 0 Å². The van der Waals surface area contributed by atoms with Crippen LogP contribution in [0.25, 0.3) is 0 Å². The van der Waals surface area contributed by atoms with Crippen LogP contribution in [-0.4, -0.2) is 27.1 Å². The minimum absolute atomic E-state index is 0.187. The highest BCUT2D eigenvalue weighted by Crippen LogP contribution is 2.12. The first-order valence-electron chi connectivity index (χ1n) is 3.88. The molecular weight excluding hydrogens is 174 g/mol. The van der Waals surface area contributed by atoms with E-state index in [-0.39, 0.29) is 18.6 Å². The zero-order valence-electron chi connectivity index (χ0n) is 7.19.